The molecule has 1 amide bonds. The molecule has 1 aromatic rings. The predicted molar refractivity (Wildman–Crippen MR) is 67.4 cm³/mol. The monoisotopic (exact) mass is 250 g/mol. The van der Waals surface area contributed by atoms with Gasteiger partial charge < -0.3 is 10.4 Å². The molecule has 1 heterocycles. The third kappa shape index (κ3) is 4.16. The lowest BCUT2D eigenvalue weighted by Gasteiger charge is -2.14. The van der Waals surface area contributed by atoms with Crippen LogP contribution in [-0.4, -0.2) is 28.0 Å². The second-order valence-electron chi connectivity index (χ2n) is 4.19. The van der Waals surface area contributed by atoms with Crippen LogP contribution in [0.4, 0.5) is 0 Å². The van der Waals surface area contributed by atoms with E-state index in [-0.39, 0.29) is 5.91 Å². The van der Waals surface area contributed by atoms with Gasteiger partial charge in [-0.1, -0.05) is 19.8 Å². The highest BCUT2D eigenvalue weighted by Crippen LogP contribution is 2.05. The summed E-state index contributed by atoms with van der Waals surface area (Å²) in [7, 11) is 0. The van der Waals surface area contributed by atoms with Gasteiger partial charge in [0, 0.05) is 17.5 Å². The van der Waals surface area contributed by atoms with Crippen molar-refractivity contribution in [3.05, 3.63) is 29.6 Å². The average Bonchev–Trinajstić information content (AvgIpc) is 2.33. The van der Waals surface area contributed by atoms with Crippen molar-refractivity contribution in [2.75, 3.05) is 0 Å². The highest BCUT2D eigenvalue weighted by molar-refractivity contribution is 5.96. The molecule has 18 heavy (non-hydrogen) atoms. The second kappa shape index (κ2) is 6.74. The molecule has 1 atom stereocenters. The Hall–Kier alpha value is -1.91. The van der Waals surface area contributed by atoms with Crippen molar-refractivity contribution in [1.82, 2.24) is 10.3 Å². The molecule has 0 radical (unpaired) electrons. The molecule has 0 spiro atoms. The fourth-order valence-electron chi connectivity index (χ4n) is 1.59. The zero-order chi connectivity index (χ0) is 13.5. The minimum absolute atomic E-state index is 0.371. The summed E-state index contributed by atoms with van der Waals surface area (Å²) in [6, 6.07) is 2.38. The van der Waals surface area contributed by atoms with Gasteiger partial charge >= 0.3 is 5.97 Å². The van der Waals surface area contributed by atoms with E-state index in [1.54, 1.807) is 19.1 Å². The van der Waals surface area contributed by atoms with Crippen LogP contribution < -0.4 is 5.32 Å². The zero-order valence-corrected chi connectivity index (χ0v) is 10.6. The van der Waals surface area contributed by atoms with Crippen molar-refractivity contribution in [1.29, 1.82) is 0 Å². The summed E-state index contributed by atoms with van der Waals surface area (Å²) in [4.78, 5) is 26.9. The van der Waals surface area contributed by atoms with Crippen LogP contribution in [0.5, 0.6) is 0 Å². The largest absolute Gasteiger partial charge is 0.480 e. The molecule has 98 valence electrons. The molecule has 1 aromatic heterocycles. The number of nitrogens with zero attached hydrogens (tertiary/aromatic N) is 1. The average molecular weight is 250 g/mol. The third-order valence-corrected chi connectivity index (χ3v) is 2.61. The molecule has 0 aliphatic rings. The topological polar surface area (TPSA) is 79.3 Å². The number of aliphatic carboxylic acids is 1. The van der Waals surface area contributed by atoms with Gasteiger partial charge in [0.15, 0.2) is 0 Å². The first-order valence-electron chi connectivity index (χ1n) is 6.01. The number of nitrogens with one attached hydrogen (secondary N) is 1. The first kappa shape index (κ1) is 14.2. The van der Waals surface area contributed by atoms with Gasteiger partial charge in [0.25, 0.3) is 5.91 Å². The van der Waals surface area contributed by atoms with E-state index in [0.717, 1.165) is 18.5 Å². The number of carboxylic acids is 1. The number of carbonyl (C=O) groups excluding carboxylic acids is 1. The van der Waals surface area contributed by atoms with Crippen LogP contribution in [0.2, 0.25) is 0 Å². The van der Waals surface area contributed by atoms with Crippen LogP contribution in [0.1, 0.15) is 42.2 Å². The van der Waals surface area contributed by atoms with Crippen molar-refractivity contribution in [2.45, 2.75) is 39.2 Å². The molecule has 5 nitrogen and oxygen atoms in total. The maximum atomic E-state index is 11.9. The first-order valence-corrected chi connectivity index (χ1v) is 6.01. The number of pyridine rings is 1. The Morgan fingerprint density at radius 1 is 1.50 bits per heavy atom. The standard InChI is InChI=1S/C13H18N2O3/c1-3-4-5-11(13(17)18)15-12(16)10-6-7-14-9(2)8-10/h6-8,11H,3-5H2,1-2H3,(H,15,16)(H,17,18). The van der Waals surface area contributed by atoms with E-state index >= 15 is 0 Å². The van der Waals surface area contributed by atoms with Crippen LogP contribution in [-0.2, 0) is 4.79 Å². The SMILES string of the molecule is CCCCC(NC(=O)c1ccnc(C)c1)C(=O)O. The van der Waals surface area contributed by atoms with Crippen LogP contribution >= 0.6 is 0 Å². The van der Waals surface area contributed by atoms with Crippen LogP contribution in [0, 0.1) is 6.92 Å². The number of hydrogen-bond acceptors (Lipinski definition) is 3. The highest BCUT2D eigenvalue weighted by Gasteiger charge is 2.19. The second-order valence-corrected chi connectivity index (χ2v) is 4.19. The van der Waals surface area contributed by atoms with Gasteiger partial charge in [0.1, 0.15) is 6.04 Å². The normalized spacial score (nSPS) is 11.9. The van der Waals surface area contributed by atoms with Gasteiger partial charge in [-0.2, -0.15) is 0 Å². The number of carboxylic acid groups (broad SMARTS) is 1. The van der Waals surface area contributed by atoms with Crippen LogP contribution in [0.15, 0.2) is 18.3 Å². The summed E-state index contributed by atoms with van der Waals surface area (Å²) in [5, 5.41) is 11.6. The minimum atomic E-state index is -0.998. The van der Waals surface area contributed by atoms with Crippen LogP contribution in [0.3, 0.4) is 0 Å². The van der Waals surface area contributed by atoms with Crippen LogP contribution in [0.25, 0.3) is 0 Å². The maximum absolute atomic E-state index is 11.9. The molecule has 0 aliphatic carbocycles. The van der Waals surface area contributed by atoms with E-state index in [0.29, 0.717) is 12.0 Å². The van der Waals surface area contributed by atoms with Crippen molar-refractivity contribution < 1.29 is 14.7 Å². The van der Waals surface area contributed by atoms with Gasteiger partial charge in [-0.3, -0.25) is 9.78 Å². The Morgan fingerprint density at radius 2 is 2.22 bits per heavy atom. The summed E-state index contributed by atoms with van der Waals surface area (Å²) >= 11 is 0. The molecule has 2 N–H and O–H groups in total. The van der Waals surface area contributed by atoms with Gasteiger partial charge in [0.05, 0.1) is 0 Å². The molecule has 5 heteroatoms. The zero-order valence-electron chi connectivity index (χ0n) is 10.6. The Balaban J connectivity index is 2.69. The molecule has 0 saturated heterocycles. The van der Waals surface area contributed by atoms with E-state index in [1.807, 2.05) is 6.92 Å². The van der Waals surface area contributed by atoms with Gasteiger partial charge in [-0.15, -0.1) is 0 Å². The smallest absolute Gasteiger partial charge is 0.326 e. The Morgan fingerprint density at radius 3 is 2.78 bits per heavy atom. The lowest BCUT2D eigenvalue weighted by molar-refractivity contribution is -0.139. The summed E-state index contributed by atoms with van der Waals surface area (Å²) in [5.41, 5.74) is 1.16. The number of rotatable bonds is 6. The van der Waals surface area contributed by atoms with E-state index in [2.05, 4.69) is 10.3 Å². The lowest BCUT2D eigenvalue weighted by atomic mass is 10.1. The van der Waals surface area contributed by atoms with Crippen molar-refractivity contribution in [3.63, 3.8) is 0 Å². The number of hydrogen-bond donors (Lipinski definition) is 2. The molecule has 0 fully saturated rings. The molecule has 1 unspecified atom stereocenters. The first-order chi connectivity index (χ1) is 8.54. The fraction of sp³-hybridized carbons (Fsp3) is 0.462. The van der Waals surface area contributed by atoms with Crippen molar-refractivity contribution in [2.24, 2.45) is 0 Å². The quantitative estimate of drug-likeness (QED) is 0.806. The van der Waals surface area contributed by atoms with E-state index < -0.39 is 12.0 Å². The predicted octanol–water partition coefficient (Wildman–Crippen LogP) is 1.76. The minimum Gasteiger partial charge on any atom is -0.480 e. The molecule has 1 rings (SSSR count). The summed E-state index contributed by atoms with van der Waals surface area (Å²) < 4.78 is 0. The van der Waals surface area contributed by atoms with E-state index in [1.165, 1.54) is 6.20 Å². The van der Waals surface area contributed by atoms with E-state index in [4.69, 9.17) is 5.11 Å². The fourth-order valence-corrected chi connectivity index (χ4v) is 1.59. The van der Waals surface area contributed by atoms with E-state index in [9.17, 15) is 9.59 Å². The summed E-state index contributed by atoms with van der Waals surface area (Å²) in [6.45, 7) is 3.76. The third-order valence-electron chi connectivity index (χ3n) is 2.61. The number of unbranched alkanes of at least 4 members (excludes halogenated alkanes) is 1. The molecule has 0 aliphatic heterocycles. The molecule has 0 aromatic carbocycles. The molecule has 0 saturated carbocycles. The Labute approximate surface area is 106 Å². The van der Waals surface area contributed by atoms with Gasteiger partial charge in [-0.05, 0) is 25.5 Å². The Kier molecular flexibility index (Phi) is 5.30. The van der Waals surface area contributed by atoms with Crippen molar-refractivity contribution in [3.8, 4) is 0 Å². The number of carbonyl (C=O) groups is 2. The Bertz CT molecular complexity index is 432. The molecular formula is C13H18N2O3. The molecular weight excluding hydrogens is 232 g/mol. The van der Waals surface area contributed by atoms with Gasteiger partial charge in [0.2, 0.25) is 0 Å². The summed E-state index contributed by atoms with van der Waals surface area (Å²) in [6.07, 6.45) is 3.65. The maximum Gasteiger partial charge on any atom is 0.326 e. The number of aromatic nitrogens is 1. The van der Waals surface area contributed by atoms with Gasteiger partial charge in [-0.25, -0.2) is 4.79 Å². The summed E-state index contributed by atoms with van der Waals surface area (Å²) in [5.74, 6) is -1.37. The number of aryl methyl sites for hydroxylation is 1. The number of amides is 1. The lowest BCUT2D eigenvalue weighted by Crippen LogP contribution is -2.40. The highest BCUT2D eigenvalue weighted by atomic mass is 16.4. The molecule has 0 bridgehead atoms. The van der Waals surface area contributed by atoms with Crippen molar-refractivity contribution >= 4 is 11.9 Å².